The zero-order valence-electron chi connectivity index (χ0n) is 16.8. The van der Waals surface area contributed by atoms with E-state index >= 15 is 0 Å². The van der Waals surface area contributed by atoms with Gasteiger partial charge in [0.15, 0.2) is 23.0 Å². The summed E-state index contributed by atoms with van der Waals surface area (Å²) in [5.41, 5.74) is 3.51. The summed E-state index contributed by atoms with van der Waals surface area (Å²) in [6.45, 7) is 3.20. The molecule has 2 aromatic rings. The van der Waals surface area contributed by atoms with E-state index < -0.39 is 0 Å². The monoisotopic (exact) mass is 398 g/mol. The number of rotatable bonds is 7. The number of benzene rings is 2. The van der Waals surface area contributed by atoms with Gasteiger partial charge < -0.3 is 24.3 Å². The van der Waals surface area contributed by atoms with Crippen LogP contribution in [-0.4, -0.2) is 44.9 Å². The van der Waals surface area contributed by atoms with E-state index in [1.165, 1.54) is 11.1 Å². The summed E-state index contributed by atoms with van der Waals surface area (Å²) in [7, 11) is 3.30. The van der Waals surface area contributed by atoms with Crippen LogP contribution in [0.4, 0.5) is 0 Å². The number of nitrogens with one attached hydrogen (secondary N) is 1. The Bertz CT molecular complexity index is 899. The third-order valence-corrected chi connectivity index (χ3v) is 5.38. The summed E-state index contributed by atoms with van der Waals surface area (Å²) >= 11 is 0. The number of carbonyl (C=O) groups is 1. The van der Waals surface area contributed by atoms with Crippen molar-refractivity contribution < 1.29 is 23.7 Å². The van der Waals surface area contributed by atoms with Crippen LogP contribution in [0.15, 0.2) is 30.3 Å². The maximum atomic E-state index is 12.3. The number of amides is 1. The van der Waals surface area contributed by atoms with Gasteiger partial charge in [-0.1, -0.05) is 6.07 Å². The van der Waals surface area contributed by atoms with Gasteiger partial charge in [-0.2, -0.15) is 0 Å². The van der Waals surface area contributed by atoms with Crippen molar-refractivity contribution in [2.45, 2.75) is 25.9 Å². The lowest BCUT2D eigenvalue weighted by molar-refractivity contribution is -0.121. The first kappa shape index (κ1) is 19.4. The highest BCUT2D eigenvalue weighted by atomic mass is 16.7. The summed E-state index contributed by atoms with van der Waals surface area (Å²) in [6.07, 6.45) is 1.40. The minimum Gasteiger partial charge on any atom is -0.493 e. The quantitative estimate of drug-likeness (QED) is 0.773. The van der Waals surface area contributed by atoms with Crippen molar-refractivity contribution in [3.05, 3.63) is 47.0 Å². The maximum Gasteiger partial charge on any atom is 0.231 e. The highest BCUT2D eigenvalue weighted by Crippen LogP contribution is 2.33. The molecule has 0 aliphatic carbocycles. The molecule has 0 aromatic heterocycles. The normalized spacial score (nSPS) is 15.0. The topological polar surface area (TPSA) is 69.3 Å². The Morgan fingerprint density at radius 2 is 1.83 bits per heavy atom. The van der Waals surface area contributed by atoms with Crippen LogP contribution in [0.1, 0.15) is 23.1 Å². The molecule has 2 aliphatic heterocycles. The lowest BCUT2D eigenvalue weighted by Crippen LogP contribution is -2.34. The summed E-state index contributed by atoms with van der Waals surface area (Å²) in [5.74, 6) is 3.04. The van der Waals surface area contributed by atoms with Gasteiger partial charge in [-0.3, -0.25) is 9.69 Å². The van der Waals surface area contributed by atoms with Gasteiger partial charge in [-0.05, 0) is 47.4 Å². The molecule has 154 valence electrons. The largest absolute Gasteiger partial charge is 0.493 e. The molecule has 0 spiro atoms. The van der Waals surface area contributed by atoms with E-state index in [9.17, 15) is 4.79 Å². The molecule has 7 nitrogen and oxygen atoms in total. The minimum atomic E-state index is 0.0424. The van der Waals surface area contributed by atoms with Gasteiger partial charge in [0.2, 0.25) is 12.7 Å². The Kier molecular flexibility index (Phi) is 5.76. The first-order valence-electron chi connectivity index (χ1n) is 9.77. The van der Waals surface area contributed by atoms with Crippen molar-refractivity contribution in [1.29, 1.82) is 0 Å². The van der Waals surface area contributed by atoms with E-state index in [4.69, 9.17) is 18.9 Å². The van der Waals surface area contributed by atoms with E-state index in [0.29, 0.717) is 13.0 Å². The molecule has 29 heavy (non-hydrogen) atoms. The predicted octanol–water partition coefficient (Wildman–Crippen LogP) is 2.50. The van der Waals surface area contributed by atoms with Gasteiger partial charge >= 0.3 is 0 Å². The number of nitrogens with zero attached hydrogens (tertiary/aromatic N) is 1. The standard InChI is InChI=1S/C22H26N2O5/c1-26-19-10-16-5-7-24(13-17(16)11-20(19)27-2)8-6-22(25)23-12-15-3-4-18-21(9-15)29-14-28-18/h3-4,9-11H,5-8,12-14H2,1-2H3,(H,23,25). The van der Waals surface area contributed by atoms with E-state index in [2.05, 4.69) is 16.3 Å². The van der Waals surface area contributed by atoms with Gasteiger partial charge in [-0.15, -0.1) is 0 Å². The number of methoxy groups -OCH3 is 2. The first-order chi connectivity index (χ1) is 14.2. The molecule has 4 rings (SSSR count). The number of hydrogen-bond acceptors (Lipinski definition) is 6. The molecule has 1 amide bonds. The summed E-state index contributed by atoms with van der Waals surface area (Å²) in [4.78, 5) is 14.6. The number of ether oxygens (including phenoxy) is 4. The van der Waals surface area contributed by atoms with Crippen LogP contribution in [-0.2, 0) is 24.3 Å². The maximum absolute atomic E-state index is 12.3. The smallest absolute Gasteiger partial charge is 0.231 e. The van der Waals surface area contributed by atoms with Crippen LogP contribution >= 0.6 is 0 Å². The van der Waals surface area contributed by atoms with Gasteiger partial charge in [0.1, 0.15) is 0 Å². The van der Waals surface area contributed by atoms with Crippen LogP contribution in [0.5, 0.6) is 23.0 Å². The van der Waals surface area contributed by atoms with Crippen LogP contribution in [0.2, 0.25) is 0 Å². The second-order valence-corrected chi connectivity index (χ2v) is 7.22. The van der Waals surface area contributed by atoms with Crippen molar-refractivity contribution in [3.63, 3.8) is 0 Å². The third kappa shape index (κ3) is 4.40. The Hall–Kier alpha value is -2.93. The molecule has 0 bridgehead atoms. The molecule has 0 atom stereocenters. The Balaban J connectivity index is 1.27. The fourth-order valence-electron chi connectivity index (χ4n) is 3.73. The summed E-state index contributed by atoms with van der Waals surface area (Å²) < 4.78 is 21.5. The SMILES string of the molecule is COc1cc2c(cc1OC)CN(CCC(=O)NCc1ccc3c(c1)OCO3)CC2. The van der Waals surface area contributed by atoms with Gasteiger partial charge in [0.25, 0.3) is 0 Å². The van der Waals surface area contributed by atoms with Gasteiger partial charge in [-0.25, -0.2) is 0 Å². The lowest BCUT2D eigenvalue weighted by atomic mass is 9.98. The molecule has 0 radical (unpaired) electrons. The predicted molar refractivity (Wildman–Crippen MR) is 108 cm³/mol. The van der Waals surface area contributed by atoms with Crippen LogP contribution < -0.4 is 24.3 Å². The zero-order chi connectivity index (χ0) is 20.2. The van der Waals surface area contributed by atoms with E-state index in [1.807, 2.05) is 24.3 Å². The van der Waals surface area contributed by atoms with Crippen molar-refractivity contribution in [1.82, 2.24) is 10.2 Å². The average Bonchev–Trinajstić information content (AvgIpc) is 3.23. The van der Waals surface area contributed by atoms with E-state index in [-0.39, 0.29) is 12.7 Å². The second kappa shape index (κ2) is 8.61. The average molecular weight is 398 g/mol. The fraction of sp³-hybridized carbons (Fsp3) is 0.409. The third-order valence-electron chi connectivity index (χ3n) is 5.38. The second-order valence-electron chi connectivity index (χ2n) is 7.22. The number of fused-ring (bicyclic) bond motifs is 2. The molecule has 2 heterocycles. The Labute approximate surface area is 170 Å². The highest BCUT2D eigenvalue weighted by molar-refractivity contribution is 5.76. The van der Waals surface area contributed by atoms with Crippen molar-refractivity contribution in [2.24, 2.45) is 0 Å². The molecule has 1 N–H and O–H groups in total. The molecule has 2 aromatic carbocycles. The molecule has 0 fully saturated rings. The number of hydrogen-bond donors (Lipinski definition) is 1. The Morgan fingerprint density at radius 1 is 1.07 bits per heavy atom. The van der Waals surface area contributed by atoms with E-state index in [1.54, 1.807) is 14.2 Å². The summed E-state index contributed by atoms with van der Waals surface area (Å²) in [5, 5.41) is 2.98. The molecule has 0 unspecified atom stereocenters. The van der Waals surface area contributed by atoms with Gasteiger partial charge in [0.05, 0.1) is 14.2 Å². The highest BCUT2D eigenvalue weighted by Gasteiger charge is 2.20. The molecule has 7 heteroatoms. The molecule has 0 saturated carbocycles. The lowest BCUT2D eigenvalue weighted by Gasteiger charge is -2.29. The van der Waals surface area contributed by atoms with Crippen molar-refractivity contribution in [3.8, 4) is 23.0 Å². The molecule has 2 aliphatic rings. The zero-order valence-corrected chi connectivity index (χ0v) is 16.8. The minimum absolute atomic E-state index is 0.0424. The fourth-order valence-corrected chi connectivity index (χ4v) is 3.73. The van der Waals surface area contributed by atoms with E-state index in [0.717, 1.165) is 54.6 Å². The van der Waals surface area contributed by atoms with Crippen molar-refractivity contribution >= 4 is 5.91 Å². The molecule has 0 saturated heterocycles. The molecular weight excluding hydrogens is 372 g/mol. The Morgan fingerprint density at radius 3 is 2.62 bits per heavy atom. The summed E-state index contributed by atoms with van der Waals surface area (Å²) in [6, 6.07) is 9.82. The molecular formula is C22H26N2O5. The van der Waals surface area contributed by atoms with Crippen molar-refractivity contribution in [2.75, 3.05) is 34.1 Å². The first-order valence-corrected chi connectivity index (χ1v) is 9.77. The van der Waals surface area contributed by atoms with Crippen LogP contribution in [0, 0.1) is 0 Å². The number of carbonyl (C=O) groups excluding carboxylic acids is 1. The van der Waals surface area contributed by atoms with Crippen LogP contribution in [0.25, 0.3) is 0 Å². The van der Waals surface area contributed by atoms with Crippen LogP contribution in [0.3, 0.4) is 0 Å². The van der Waals surface area contributed by atoms with Gasteiger partial charge in [0, 0.05) is 32.6 Å².